The predicted molar refractivity (Wildman–Crippen MR) is 116 cm³/mol. The summed E-state index contributed by atoms with van der Waals surface area (Å²) in [5, 5.41) is 1.38. The molecule has 0 aliphatic rings. The fourth-order valence-electron chi connectivity index (χ4n) is 3.44. The Morgan fingerprint density at radius 1 is 1.24 bits per heavy atom. The zero-order valence-electron chi connectivity index (χ0n) is 16.5. The van der Waals surface area contributed by atoms with Crippen molar-refractivity contribution in [2.75, 3.05) is 17.6 Å². The van der Waals surface area contributed by atoms with E-state index < -0.39 is 10.0 Å². The number of esters is 1. The van der Waals surface area contributed by atoms with Crippen molar-refractivity contribution in [2.24, 2.45) is 0 Å². The highest BCUT2D eigenvalue weighted by atomic mass is 35.5. The summed E-state index contributed by atoms with van der Waals surface area (Å²) in [7, 11) is -3.43. The van der Waals surface area contributed by atoms with Crippen LogP contribution in [0.2, 0.25) is 5.02 Å². The van der Waals surface area contributed by atoms with Gasteiger partial charge in [-0.25, -0.2) is 8.42 Å². The normalized spacial score (nSPS) is 12.7. The quantitative estimate of drug-likeness (QED) is 0.532. The van der Waals surface area contributed by atoms with Crippen molar-refractivity contribution in [1.82, 2.24) is 4.98 Å². The van der Waals surface area contributed by atoms with Crippen LogP contribution in [0.3, 0.4) is 0 Å². The van der Waals surface area contributed by atoms with Gasteiger partial charge < -0.3 is 9.72 Å². The van der Waals surface area contributed by atoms with Crippen molar-refractivity contribution in [3.05, 3.63) is 64.3 Å². The number of halogens is 1. The number of aromatic nitrogens is 1. The van der Waals surface area contributed by atoms with Gasteiger partial charge in [-0.1, -0.05) is 35.9 Å². The number of carbonyl (C=O) groups excluding carboxylic acids is 1. The first-order chi connectivity index (χ1) is 13.7. The average Bonchev–Trinajstić information content (AvgIpc) is 3.04. The van der Waals surface area contributed by atoms with Crippen LogP contribution in [-0.2, 0) is 19.6 Å². The van der Waals surface area contributed by atoms with Crippen LogP contribution in [0.15, 0.2) is 42.6 Å². The third-order valence-electron chi connectivity index (χ3n) is 4.63. The van der Waals surface area contributed by atoms with Crippen LogP contribution in [0.1, 0.15) is 36.0 Å². The van der Waals surface area contributed by atoms with Gasteiger partial charge in [0.15, 0.2) is 0 Å². The molecule has 0 amide bonds. The second-order valence-corrected chi connectivity index (χ2v) is 9.09. The van der Waals surface area contributed by atoms with Crippen molar-refractivity contribution in [3.8, 4) is 0 Å². The first kappa shape index (κ1) is 21.2. The molecule has 0 aliphatic heterocycles. The van der Waals surface area contributed by atoms with Gasteiger partial charge in [0.25, 0.3) is 0 Å². The van der Waals surface area contributed by atoms with Crippen molar-refractivity contribution >= 4 is 44.2 Å². The Balaban J connectivity index is 2.14. The lowest BCUT2D eigenvalue weighted by Gasteiger charge is -2.18. The van der Waals surface area contributed by atoms with Gasteiger partial charge in [0, 0.05) is 22.5 Å². The van der Waals surface area contributed by atoms with Gasteiger partial charge in [-0.05, 0) is 42.7 Å². The number of fused-ring (bicyclic) bond motifs is 1. The number of ether oxygens (including phenoxy) is 1. The molecule has 0 bridgehead atoms. The number of rotatable bonds is 7. The standard InChI is InChI=1S/C21H23ClN2O4S/c1-4-28-20(25)11-16(14-9-8-13(2)10-18(14)22)17-12-23-21-15(17)6-5-7-19(21)24-29(3,26)27/h5-10,12,16,23-24H,4,11H2,1-3H3. The third-order valence-corrected chi connectivity index (χ3v) is 5.54. The van der Waals surface area contributed by atoms with Crippen LogP contribution in [-0.4, -0.2) is 32.2 Å². The Morgan fingerprint density at radius 3 is 2.66 bits per heavy atom. The number of benzene rings is 2. The molecule has 0 fully saturated rings. The van der Waals surface area contributed by atoms with E-state index >= 15 is 0 Å². The largest absolute Gasteiger partial charge is 0.466 e. The Bertz CT molecular complexity index is 1150. The molecule has 0 radical (unpaired) electrons. The van der Waals surface area contributed by atoms with Crippen molar-refractivity contribution < 1.29 is 17.9 Å². The predicted octanol–water partition coefficient (Wildman–Crippen LogP) is 4.59. The number of aromatic amines is 1. The zero-order chi connectivity index (χ0) is 21.2. The molecule has 8 heteroatoms. The summed E-state index contributed by atoms with van der Waals surface area (Å²) in [6, 6.07) is 11.1. The number of hydrogen-bond donors (Lipinski definition) is 2. The minimum atomic E-state index is -3.43. The molecule has 3 aromatic rings. The van der Waals surface area contributed by atoms with Gasteiger partial charge in [0.05, 0.1) is 30.5 Å². The molecule has 2 N–H and O–H groups in total. The highest BCUT2D eigenvalue weighted by Gasteiger charge is 2.25. The number of anilines is 1. The Morgan fingerprint density at radius 2 is 2.00 bits per heavy atom. The fourth-order valence-corrected chi connectivity index (χ4v) is 4.37. The summed E-state index contributed by atoms with van der Waals surface area (Å²) in [6.45, 7) is 4.01. The number of hydrogen-bond acceptors (Lipinski definition) is 4. The van der Waals surface area contributed by atoms with Crippen LogP contribution in [0.5, 0.6) is 0 Å². The SMILES string of the molecule is CCOC(=O)CC(c1ccc(C)cc1Cl)c1c[nH]c2c(NS(C)(=O)=O)cccc12. The molecule has 1 heterocycles. The lowest BCUT2D eigenvalue weighted by Crippen LogP contribution is -2.12. The molecule has 2 aromatic carbocycles. The summed E-state index contributed by atoms with van der Waals surface area (Å²) in [5.74, 6) is -0.668. The van der Waals surface area contributed by atoms with E-state index in [0.717, 1.165) is 28.3 Å². The number of carbonyl (C=O) groups is 1. The summed E-state index contributed by atoms with van der Waals surface area (Å²) in [6.07, 6.45) is 3.01. The molecule has 3 rings (SSSR count). The highest BCUT2D eigenvalue weighted by molar-refractivity contribution is 7.92. The van der Waals surface area contributed by atoms with E-state index in [2.05, 4.69) is 9.71 Å². The van der Waals surface area contributed by atoms with Crippen LogP contribution < -0.4 is 4.72 Å². The minimum Gasteiger partial charge on any atom is -0.466 e. The van der Waals surface area contributed by atoms with E-state index in [1.165, 1.54) is 0 Å². The summed E-state index contributed by atoms with van der Waals surface area (Å²) < 4.78 is 31.1. The maximum atomic E-state index is 12.3. The monoisotopic (exact) mass is 434 g/mol. The summed E-state index contributed by atoms with van der Waals surface area (Å²) >= 11 is 6.52. The van der Waals surface area contributed by atoms with E-state index in [0.29, 0.717) is 22.8 Å². The van der Waals surface area contributed by atoms with Gasteiger partial charge in [0.2, 0.25) is 10.0 Å². The lowest BCUT2D eigenvalue weighted by molar-refractivity contribution is -0.143. The highest BCUT2D eigenvalue weighted by Crippen LogP contribution is 2.38. The van der Waals surface area contributed by atoms with Gasteiger partial charge in [0.1, 0.15) is 0 Å². The van der Waals surface area contributed by atoms with Gasteiger partial charge in [-0.15, -0.1) is 0 Å². The molecule has 1 atom stereocenters. The van der Waals surface area contributed by atoms with Crippen LogP contribution in [0, 0.1) is 6.92 Å². The maximum Gasteiger partial charge on any atom is 0.306 e. The van der Waals surface area contributed by atoms with E-state index in [-0.39, 0.29) is 18.3 Å². The topological polar surface area (TPSA) is 88.3 Å². The van der Waals surface area contributed by atoms with Gasteiger partial charge >= 0.3 is 5.97 Å². The van der Waals surface area contributed by atoms with Crippen LogP contribution in [0.25, 0.3) is 10.9 Å². The molecule has 154 valence electrons. The lowest BCUT2D eigenvalue weighted by atomic mass is 9.87. The second-order valence-electron chi connectivity index (χ2n) is 6.93. The van der Waals surface area contributed by atoms with E-state index in [1.54, 1.807) is 25.3 Å². The first-order valence-electron chi connectivity index (χ1n) is 9.19. The molecule has 0 aliphatic carbocycles. The molecule has 29 heavy (non-hydrogen) atoms. The van der Waals surface area contributed by atoms with E-state index in [1.807, 2.05) is 31.2 Å². The second kappa shape index (κ2) is 8.47. The molecule has 0 saturated carbocycles. The molecule has 0 saturated heterocycles. The van der Waals surface area contributed by atoms with Crippen molar-refractivity contribution in [2.45, 2.75) is 26.2 Å². The van der Waals surface area contributed by atoms with Crippen LogP contribution >= 0.6 is 11.6 Å². The number of para-hydroxylation sites is 1. The number of aryl methyl sites for hydroxylation is 1. The molecule has 1 unspecified atom stereocenters. The number of H-pyrrole nitrogens is 1. The van der Waals surface area contributed by atoms with Crippen LogP contribution in [0.4, 0.5) is 5.69 Å². The van der Waals surface area contributed by atoms with Crippen molar-refractivity contribution in [1.29, 1.82) is 0 Å². The first-order valence-corrected chi connectivity index (χ1v) is 11.5. The molecule has 6 nitrogen and oxygen atoms in total. The Labute approximate surface area is 175 Å². The summed E-state index contributed by atoms with van der Waals surface area (Å²) in [4.78, 5) is 15.5. The smallest absolute Gasteiger partial charge is 0.306 e. The molecular formula is C21H23ClN2O4S. The molecule has 1 aromatic heterocycles. The van der Waals surface area contributed by atoms with Gasteiger partial charge in [-0.2, -0.15) is 0 Å². The average molecular weight is 435 g/mol. The maximum absolute atomic E-state index is 12.3. The van der Waals surface area contributed by atoms with Gasteiger partial charge in [-0.3, -0.25) is 9.52 Å². The molecular weight excluding hydrogens is 412 g/mol. The zero-order valence-corrected chi connectivity index (χ0v) is 18.0. The summed E-state index contributed by atoms with van der Waals surface area (Å²) in [5.41, 5.74) is 3.77. The molecule has 0 spiro atoms. The van der Waals surface area contributed by atoms with Crippen molar-refractivity contribution in [3.63, 3.8) is 0 Å². The fraction of sp³-hybridized carbons (Fsp3) is 0.286. The van der Waals surface area contributed by atoms with E-state index in [4.69, 9.17) is 16.3 Å². The number of sulfonamides is 1. The van der Waals surface area contributed by atoms with E-state index in [9.17, 15) is 13.2 Å². The number of nitrogens with one attached hydrogen (secondary N) is 2. The Kier molecular flexibility index (Phi) is 6.19. The Hall–Kier alpha value is -2.51. The minimum absolute atomic E-state index is 0.118. The third kappa shape index (κ3) is 4.92.